The Hall–Kier alpha value is -1.73. The molecule has 0 spiro atoms. The second-order valence-corrected chi connectivity index (χ2v) is 4.82. The summed E-state index contributed by atoms with van der Waals surface area (Å²) in [6.45, 7) is 0.567. The van der Waals surface area contributed by atoms with Crippen molar-refractivity contribution in [2.45, 2.75) is 25.8 Å². The van der Waals surface area contributed by atoms with Crippen LogP contribution in [0.3, 0.4) is 0 Å². The molecule has 2 aromatic rings. The van der Waals surface area contributed by atoms with Gasteiger partial charge in [-0.25, -0.2) is 10.8 Å². The van der Waals surface area contributed by atoms with E-state index >= 15 is 0 Å². The zero-order valence-electron chi connectivity index (χ0n) is 9.76. The first-order chi connectivity index (χ1) is 8.72. The molecule has 0 atom stereocenters. The molecule has 3 N–H and O–H groups in total. The molecule has 0 unspecified atom stereocenters. The Morgan fingerprint density at radius 1 is 1.50 bits per heavy atom. The zero-order chi connectivity index (χ0) is 13.0. The summed E-state index contributed by atoms with van der Waals surface area (Å²) in [6, 6.07) is 1.83. The molecule has 0 aromatic carbocycles. The lowest BCUT2D eigenvalue weighted by molar-refractivity contribution is -0.121. The summed E-state index contributed by atoms with van der Waals surface area (Å²) < 4.78 is 2.26. The third kappa shape index (κ3) is 2.74. The van der Waals surface area contributed by atoms with Gasteiger partial charge in [0.15, 0.2) is 0 Å². The molecule has 0 aliphatic rings. The van der Waals surface area contributed by atoms with E-state index in [9.17, 15) is 9.59 Å². The summed E-state index contributed by atoms with van der Waals surface area (Å²) in [7, 11) is 0. The van der Waals surface area contributed by atoms with Gasteiger partial charge in [0.1, 0.15) is 4.70 Å². The first-order valence-corrected chi connectivity index (χ1v) is 6.52. The highest BCUT2D eigenvalue weighted by Crippen LogP contribution is 2.13. The molecule has 2 heterocycles. The highest BCUT2D eigenvalue weighted by atomic mass is 32.1. The first-order valence-electron chi connectivity index (χ1n) is 5.64. The number of hydrogen-bond acceptors (Lipinski definition) is 5. The van der Waals surface area contributed by atoms with Gasteiger partial charge in [-0.15, -0.1) is 11.3 Å². The lowest BCUT2D eigenvalue weighted by Crippen LogP contribution is -2.29. The van der Waals surface area contributed by atoms with Crippen LogP contribution in [0, 0.1) is 0 Å². The van der Waals surface area contributed by atoms with Gasteiger partial charge in [0.2, 0.25) is 5.91 Å². The number of carbonyl (C=O) groups excluding carboxylic acids is 1. The van der Waals surface area contributed by atoms with E-state index in [0.29, 0.717) is 24.1 Å². The van der Waals surface area contributed by atoms with Gasteiger partial charge in [-0.05, 0) is 24.3 Å². The quantitative estimate of drug-likeness (QED) is 0.359. The van der Waals surface area contributed by atoms with Crippen molar-refractivity contribution >= 4 is 27.5 Å². The molecule has 6 nitrogen and oxygen atoms in total. The average molecular weight is 266 g/mol. The van der Waals surface area contributed by atoms with Gasteiger partial charge in [-0.3, -0.25) is 19.6 Å². The number of hydrogen-bond donors (Lipinski definition) is 2. The molecule has 0 saturated carbocycles. The molecular weight excluding hydrogens is 252 g/mol. The fourth-order valence-electron chi connectivity index (χ4n) is 1.68. The van der Waals surface area contributed by atoms with Crippen molar-refractivity contribution < 1.29 is 4.79 Å². The molecular formula is C11H14N4O2S. The molecule has 1 amide bonds. The molecule has 0 fully saturated rings. The second kappa shape index (κ2) is 5.74. The molecule has 96 valence electrons. The van der Waals surface area contributed by atoms with Crippen molar-refractivity contribution in [2.24, 2.45) is 5.84 Å². The Bertz CT molecular complexity index is 604. The van der Waals surface area contributed by atoms with Crippen LogP contribution in [0.1, 0.15) is 19.3 Å². The molecule has 18 heavy (non-hydrogen) atoms. The highest BCUT2D eigenvalue weighted by molar-refractivity contribution is 7.17. The smallest absolute Gasteiger partial charge is 0.271 e. The van der Waals surface area contributed by atoms with E-state index in [1.54, 1.807) is 10.9 Å². The number of hydrazine groups is 1. The summed E-state index contributed by atoms with van der Waals surface area (Å²) in [4.78, 5) is 27.1. The lowest BCUT2D eigenvalue weighted by atomic mass is 10.2. The molecule has 0 saturated heterocycles. The number of amides is 1. The largest absolute Gasteiger partial charge is 0.298 e. The monoisotopic (exact) mass is 266 g/mol. The van der Waals surface area contributed by atoms with E-state index in [4.69, 9.17) is 5.84 Å². The van der Waals surface area contributed by atoms with E-state index < -0.39 is 0 Å². The third-order valence-corrected chi connectivity index (χ3v) is 3.54. The summed E-state index contributed by atoms with van der Waals surface area (Å²) in [6.07, 6.45) is 3.37. The number of rotatable bonds is 5. The fraction of sp³-hybridized carbons (Fsp3) is 0.364. The van der Waals surface area contributed by atoms with E-state index in [1.807, 2.05) is 11.4 Å². The van der Waals surface area contributed by atoms with Crippen LogP contribution < -0.4 is 16.8 Å². The Morgan fingerprint density at radius 2 is 2.33 bits per heavy atom. The standard InChI is InChI=1S/C11H14N4O2S/c12-14-9(16)3-1-2-5-15-7-13-8-4-6-18-10(8)11(15)17/h4,6-7H,1-3,5,12H2,(H,14,16). The maximum absolute atomic E-state index is 12.0. The van der Waals surface area contributed by atoms with Gasteiger partial charge in [0, 0.05) is 13.0 Å². The topological polar surface area (TPSA) is 90.0 Å². The Balaban J connectivity index is 1.97. The Labute approximate surface area is 107 Å². The maximum atomic E-state index is 12.0. The second-order valence-electron chi connectivity index (χ2n) is 3.90. The normalized spacial score (nSPS) is 10.7. The number of nitrogens with two attached hydrogens (primary N) is 1. The third-order valence-electron chi connectivity index (χ3n) is 2.65. The summed E-state index contributed by atoms with van der Waals surface area (Å²) in [5.41, 5.74) is 2.80. The minimum absolute atomic E-state index is 0.0155. The van der Waals surface area contributed by atoms with Gasteiger partial charge >= 0.3 is 0 Å². The number of nitrogens with zero attached hydrogens (tertiary/aromatic N) is 2. The van der Waals surface area contributed by atoms with Crippen LogP contribution in [0.25, 0.3) is 10.2 Å². The van der Waals surface area contributed by atoms with E-state index in [0.717, 1.165) is 11.9 Å². The van der Waals surface area contributed by atoms with E-state index in [-0.39, 0.29) is 11.5 Å². The predicted octanol–water partition coefficient (Wildman–Crippen LogP) is 0.618. The van der Waals surface area contributed by atoms with Gasteiger partial charge in [-0.1, -0.05) is 0 Å². The SMILES string of the molecule is NNC(=O)CCCCn1cnc2ccsc2c1=O. The first kappa shape index (κ1) is 12.7. The van der Waals surface area contributed by atoms with Crippen LogP contribution in [0.2, 0.25) is 0 Å². The maximum Gasteiger partial charge on any atom is 0.271 e. The number of carbonyl (C=O) groups is 1. The van der Waals surface area contributed by atoms with Crippen LogP contribution in [0.4, 0.5) is 0 Å². The predicted molar refractivity (Wildman–Crippen MR) is 70.1 cm³/mol. The lowest BCUT2D eigenvalue weighted by Gasteiger charge is -2.04. The molecule has 0 aliphatic carbocycles. The minimum atomic E-state index is -0.186. The van der Waals surface area contributed by atoms with Crippen LogP contribution in [0.5, 0.6) is 0 Å². The number of nitrogens with one attached hydrogen (secondary N) is 1. The summed E-state index contributed by atoms with van der Waals surface area (Å²) >= 11 is 1.40. The molecule has 0 bridgehead atoms. The highest BCUT2D eigenvalue weighted by Gasteiger charge is 2.05. The van der Waals surface area contributed by atoms with Gasteiger partial charge in [0.25, 0.3) is 5.56 Å². The summed E-state index contributed by atoms with van der Waals surface area (Å²) in [5, 5.41) is 1.86. The molecule has 7 heteroatoms. The Morgan fingerprint density at radius 3 is 3.11 bits per heavy atom. The van der Waals surface area contributed by atoms with Crippen LogP contribution >= 0.6 is 11.3 Å². The summed E-state index contributed by atoms with van der Waals surface area (Å²) in [5.74, 6) is 4.79. The minimum Gasteiger partial charge on any atom is -0.298 e. The zero-order valence-corrected chi connectivity index (χ0v) is 10.6. The van der Waals surface area contributed by atoms with Crippen molar-refractivity contribution in [3.8, 4) is 0 Å². The number of aromatic nitrogens is 2. The number of fused-ring (bicyclic) bond motifs is 1. The Kier molecular flexibility index (Phi) is 4.06. The van der Waals surface area contributed by atoms with Crippen molar-refractivity contribution in [1.29, 1.82) is 0 Å². The molecule has 2 aromatic heterocycles. The van der Waals surface area contributed by atoms with Crippen LogP contribution in [0.15, 0.2) is 22.6 Å². The average Bonchev–Trinajstić information content (AvgIpc) is 2.85. The number of unbranched alkanes of at least 4 members (excludes halogenated alkanes) is 1. The van der Waals surface area contributed by atoms with Crippen molar-refractivity contribution in [3.63, 3.8) is 0 Å². The number of aryl methyl sites for hydroxylation is 1. The van der Waals surface area contributed by atoms with Gasteiger partial charge in [0.05, 0.1) is 11.8 Å². The van der Waals surface area contributed by atoms with Crippen molar-refractivity contribution in [3.05, 3.63) is 28.1 Å². The van der Waals surface area contributed by atoms with Gasteiger partial charge < -0.3 is 0 Å². The fourth-order valence-corrected chi connectivity index (χ4v) is 2.47. The van der Waals surface area contributed by atoms with Crippen molar-refractivity contribution in [1.82, 2.24) is 15.0 Å². The molecule has 0 aliphatic heterocycles. The molecule has 0 radical (unpaired) electrons. The molecule has 2 rings (SSSR count). The van der Waals surface area contributed by atoms with E-state index in [2.05, 4.69) is 10.4 Å². The van der Waals surface area contributed by atoms with E-state index in [1.165, 1.54) is 11.3 Å². The van der Waals surface area contributed by atoms with Gasteiger partial charge in [-0.2, -0.15) is 0 Å². The van der Waals surface area contributed by atoms with Crippen molar-refractivity contribution in [2.75, 3.05) is 0 Å². The number of thiophene rings is 1. The van der Waals surface area contributed by atoms with Crippen LogP contribution in [-0.4, -0.2) is 15.5 Å². The van der Waals surface area contributed by atoms with Crippen LogP contribution in [-0.2, 0) is 11.3 Å².